The van der Waals surface area contributed by atoms with Gasteiger partial charge in [-0.15, -0.1) is 0 Å². The van der Waals surface area contributed by atoms with Gasteiger partial charge in [0.25, 0.3) is 0 Å². The number of hydrogen-bond acceptors (Lipinski definition) is 2. The number of aryl methyl sites for hydroxylation is 1. The maximum Gasteiger partial charge on any atom is 0.174 e. The van der Waals surface area contributed by atoms with Crippen molar-refractivity contribution in [3.8, 4) is 5.75 Å². The molecule has 2 nitrogen and oxygen atoms in total. The molecule has 0 aromatic heterocycles. The van der Waals surface area contributed by atoms with Crippen LogP contribution in [0.1, 0.15) is 23.7 Å². The first-order chi connectivity index (χ1) is 10.7. The molecular weight excluding hydrogens is 301 g/mol. The van der Waals surface area contributed by atoms with Crippen LogP contribution in [-0.2, 0) is 0 Å². The number of halogens is 2. The van der Waals surface area contributed by atoms with E-state index in [-0.39, 0.29) is 11.9 Å². The lowest BCUT2D eigenvalue weighted by molar-refractivity contribution is 0.138. The molecule has 1 fully saturated rings. The van der Waals surface area contributed by atoms with E-state index in [9.17, 15) is 4.39 Å². The number of hydrogen-bond donors (Lipinski definition) is 1. The highest BCUT2D eigenvalue weighted by Crippen LogP contribution is 2.38. The van der Waals surface area contributed by atoms with Gasteiger partial charge in [-0.25, -0.2) is 4.39 Å². The molecule has 0 aliphatic carbocycles. The summed E-state index contributed by atoms with van der Waals surface area (Å²) < 4.78 is 20.2. The Bertz CT molecular complexity index is 641. The molecule has 0 radical (unpaired) electrons. The van der Waals surface area contributed by atoms with E-state index in [0.29, 0.717) is 10.9 Å². The lowest BCUT2D eigenvalue weighted by atomic mass is 9.95. The minimum atomic E-state index is -0.414. The molecule has 2 atom stereocenters. The van der Waals surface area contributed by atoms with E-state index in [4.69, 9.17) is 16.3 Å². The molecule has 0 bridgehead atoms. The van der Waals surface area contributed by atoms with Gasteiger partial charge in [-0.05, 0) is 37.1 Å². The first-order valence-corrected chi connectivity index (χ1v) is 7.91. The number of benzene rings is 2. The average Bonchev–Trinajstić information content (AvgIpc) is 3.06. The van der Waals surface area contributed by atoms with Crippen LogP contribution in [0.25, 0.3) is 0 Å². The predicted octanol–water partition coefficient (Wildman–Crippen LogP) is 4.52. The second-order valence-electron chi connectivity index (χ2n) is 5.71. The Labute approximate surface area is 135 Å². The smallest absolute Gasteiger partial charge is 0.174 e. The van der Waals surface area contributed by atoms with E-state index in [2.05, 4.69) is 5.32 Å². The van der Waals surface area contributed by atoms with Gasteiger partial charge in [0, 0.05) is 12.5 Å². The van der Waals surface area contributed by atoms with Gasteiger partial charge in [0.05, 0.1) is 5.02 Å². The lowest BCUT2D eigenvalue weighted by Crippen LogP contribution is -2.22. The highest BCUT2D eigenvalue weighted by molar-refractivity contribution is 6.32. The van der Waals surface area contributed by atoms with Gasteiger partial charge in [0.15, 0.2) is 11.6 Å². The topological polar surface area (TPSA) is 21.3 Å². The minimum absolute atomic E-state index is 0.155. The van der Waals surface area contributed by atoms with Gasteiger partial charge in [-0.2, -0.15) is 0 Å². The van der Waals surface area contributed by atoms with Crippen LogP contribution in [0.4, 0.5) is 4.39 Å². The first-order valence-electron chi connectivity index (χ1n) is 7.53. The Balaban J connectivity index is 1.95. The van der Waals surface area contributed by atoms with E-state index in [1.54, 1.807) is 6.07 Å². The van der Waals surface area contributed by atoms with Gasteiger partial charge in [-0.3, -0.25) is 0 Å². The molecule has 2 aromatic rings. The van der Waals surface area contributed by atoms with Gasteiger partial charge in [-0.1, -0.05) is 48.0 Å². The summed E-state index contributed by atoms with van der Waals surface area (Å²) >= 11 is 6.26. The predicted molar refractivity (Wildman–Crippen MR) is 86.9 cm³/mol. The molecule has 1 N–H and O–H groups in total. The van der Waals surface area contributed by atoms with E-state index in [1.165, 1.54) is 6.07 Å². The van der Waals surface area contributed by atoms with Crippen LogP contribution in [0, 0.1) is 18.7 Å². The maximum atomic E-state index is 14.2. The Kier molecular flexibility index (Phi) is 4.65. The van der Waals surface area contributed by atoms with Crippen LogP contribution >= 0.6 is 11.6 Å². The lowest BCUT2D eigenvalue weighted by Gasteiger charge is -2.26. The van der Waals surface area contributed by atoms with Crippen LogP contribution in [0.15, 0.2) is 42.5 Å². The fraction of sp³-hybridized carbons (Fsp3) is 0.333. The zero-order valence-corrected chi connectivity index (χ0v) is 13.2. The monoisotopic (exact) mass is 319 g/mol. The van der Waals surface area contributed by atoms with Crippen LogP contribution in [0.2, 0.25) is 5.02 Å². The number of rotatable bonds is 4. The fourth-order valence-corrected chi connectivity index (χ4v) is 3.08. The highest BCUT2D eigenvalue weighted by Gasteiger charge is 2.29. The Hall–Kier alpha value is -1.58. The van der Waals surface area contributed by atoms with Crippen molar-refractivity contribution in [3.63, 3.8) is 0 Å². The highest BCUT2D eigenvalue weighted by atomic mass is 35.5. The molecule has 0 spiro atoms. The van der Waals surface area contributed by atoms with E-state index in [0.717, 1.165) is 30.6 Å². The van der Waals surface area contributed by atoms with Crippen molar-refractivity contribution in [2.45, 2.75) is 19.4 Å². The molecule has 1 heterocycles. The zero-order valence-electron chi connectivity index (χ0n) is 12.5. The summed E-state index contributed by atoms with van der Waals surface area (Å²) in [4.78, 5) is 0. The summed E-state index contributed by atoms with van der Waals surface area (Å²) in [5.74, 6) is 0.0447. The van der Waals surface area contributed by atoms with E-state index < -0.39 is 5.82 Å². The molecule has 1 aliphatic rings. The third-order valence-corrected chi connectivity index (χ3v) is 4.61. The van der Waals surface area contributed by atoms with Crippen LogP contribution in [0.5, 0.6) is 5.75 Å². The summed E-state index contributed by atoms with van der Waals surface area (Å²) in [5.41, 5.74) is 1.86. The van der Waals surface area contributed by atoms with Gasteiger partial charge < -0.3 is 10.1 Å². The Morgan fingerprint density at radius 3 is 2.68 bits per heavy atom. The van der Waals surface area contributed by atoms with Crippen molar-refractivity contribution in [1.82, 2.24) is 5.32 Å². The molecule has 0 amide bonds. The first kappa shape index (κ1) is 15.3. The van der Waals surface area contributed by atoms with Crippen LogP contribution in [0.3, 0.4) is 0 Å². The second kappa shape index (κ2) is 6.67. The van der Waals surface area contributed by atoms with Crippen molar-refractivity contribution < 1.29 is 9.13 Å². The van der Waals surface area contributed by atoms with E-state index in [1.807, 2.05) is 37.3 Å². The summed E-state index contributed by atoms with van der Waals surface area (Å²) in [6.07, 6.45) is 0.801. The van der Waals surface area contributed by atoms with E-state index >= 15 is 0 Å². The Morgan fingerprint density at radius 2 is 2.00 bits per heavy atom. The van der Waals surface area contributed by atoms with Crippen molar-refractivity contribution >= 4 is 11.6 Å². The van der Waals surface area contributed by atoms with Gasteiger partial charge in [0.2, 0.25) is 0 Å². The average molecular weight is 320 g/mol. The maximum absolute atomic E-state index is 14.2. The summed E-state index contributed by atoms with van der Waals surface area (Å²) in [7, 11) is 0. The normalized spacial score (nSPS) is 19.1. The largest absolute Gasteiger partial charge is 0.481 e. The molecule has 4 heteroatoms. The molecule has 2 unspecified atom stereocenters. The zero-order chi connectivity index (χ0) is 15.5. The van der Waals surface area contributed by atoms with Crippen LogP contribution < -0.4 is 10.1 Å². The summed E-state index contributed by atoms with van der Waals surface area (Å²) in [6, 6.07) is 13.0. The van der Waals surface area contributed by atoms with Crippen molar-refractivity contribution in [2.75, 3.05) is 13.1 Å². The molecule has 1 aliphatic heterocycles. The molecule has 22 heavy (non-hydrogen) atoms. The van der Waals surface area contributed by atoms with Gasteiger partial charge >= 0.3 is 0 Å². The Morgan fingerprint density at radius 1 is 1.23 bits per heavy atom. The molecular formula is C18H19ClFNO. The molecule has 3 rings (SSSR count). The third kappa shape index (κ3) is 3.11. The molecule has 116 valence electrons. The van der Waals surface area contributed by atoms with Crippen molar-refractivity contribution in [1.29, 1.82) is 0 Å². The third-order valence-electron chi connectivity index (χ3n) is 4.14. The number of ether oxygens (including phenoxy) is 1. The van der Waals surface area contributed by atoms with Crippen LogP contribution in [-0.4, -0.2) is 13.1 Å². The summed E-state index contributed by atoms with van der Waals surface area (Å²) in [5, 5.41) is 3.70. The van der Waals surface area contributed by atoms with Crippen molar-refractivity contribution in [3.05, 3.63) is 64.4 Å². The standard InChI is InChI=1S/C18H19ClFNO/c1-12-7-8-15(20)18(16(12)19)22-17(14-9-10-21-11-14)13-5-3-2-4-6-13/h2-8,14,17,21H,9-11H2,1H3. The van der Waals surface area contributed by atoms with Gasteiger partial charge in [0.1, 0.15) is 6.10 Å². The molecule has 1 saturated heterocycles. The molecule has 0 saturated carbocycles. The molecule has 2 aromatic carbocycles. The second-order valence-corrected chi connectivity index (χ2v) is 6.09. The summed E-state index contributed by atoms with van der Waals surface area (Å²) in [6.45, 7) is 3.68. The SMILES string of the molecule is Cc1ccc(F)c(OC(c2ccccc2)C2CCNC2)c1Cl. The quantitative estimate of drug-likeness (QED) is 0.894. The van der Waals surface area contributed by atoms with Crippen molar-refractivity contribution in [2.24, 2.45) is 5.92 Å². The minimum Gasteiger partial charge on any atom is -0.481 e. The fourth-order valence-electron chi connectivity index (χ4n) is 2.88. The number of nitrogens with one attached hydrogen (secondary N) is 1.